The van der Waals surface area contributed by atoms with E-state index in [1.54, 1.807) is 12.3 Å². The lowest BCUT2D eigenvalue weighted by Gasteiger charge is -2.26. The summed E-state index contributed by atoms with van der Waals surface area (Å²) >= 11 is 0. The van der Waals surface area contributed by atoms with Crippen LogP contribution in [0, 0.1) is 11.3 Å². The molecule has 0 N–H and O–H groups in total. The highest BCUT2D eigenvalue weighted by atomic mass is 16.5. The van der Waals surface area contributed by atoms with Gasteiger partial charge in [-0.15, -0.1) is 0 Å². The molecule has 0 bridgehead atoms. The monoisotopic (exact) mass is 233 g/mol. The zero-order chi connectivity index (χ0) is 11.9. The zero-order valence-corrected chi connectivity index (χ0v) is 9.63. The van der Waals surface area contributed by atoms with E-state index in [-0.39, 0.29) is 0 Å². The molecule has 0 atom stereocenters. The van der Waals surface area contributed by atoms with Crippen molar-refractivity contribution in [2.45, 2.75) is 0 Å². The number of hydrogen-bond acceptors (Lipinski definition) is 5. The van der Waals surface area contributed by atoms with E-state index in [2.05, 4.69) is 16.0 Å². The second-order valence-electron chi connectivity index (χ2n) is 3.79. The number of aromatic nitrogens is 1. The summed E-state index contributed by atoms with van der Waals surface area (Å²) in [5.41, 5.74) is 0.481. The quantitative estimate of drug-likeness (QED) is 0.764. The minimum Gasteiger partial charge on any atom is -0.491 e. The smallest absolute Gasteiger partial charge is 0.140 e. The van der Waals surface area contributed by atoms with E-state index < -0.39 is 0 Å². The normalized spacial score (nSPS) is 16.4. The lowest BCUT2D eigenvalue weighted by Crippen LogP contribution is -2.38. The summed E-state index contributed by atoms with van der Waals surface area (Å²) in [5.74, 6) is 0.607. The molecule has 90 valence electrons. The molecule has 2 heterocycles. The molecule has 0 radical (unpaired) electrons. The Hall–Kier alpha value is -1.64. The predicted octanol–water partition coefficient (Wildman–Crippen LogP) is 0.664. The fourth-order valence-corrected chi connectivity index (χ4v) is 1.70. The van der Waals surface area contributed by atoms with Crippen LogP contribution in [0.1, 0.15) is 5.56 Å². The van der Waals surface area contributed by atoms with Crippen molar-refractivity contribution in [2.75, 3.05) is 39.5 Å². The number of hydrogen-bond donors (Lipinski definition) is 0. The van der Waals surface area contributed by atoms with E-state index in [4.69, 9.17) is 14.7 Å². The molecular weight excluding hydrogens is 218 g/mol. The molecule has 0 aliphatic carbocycles. The van der Waals surface area contributed by atoms with Gasteiger partial charge in [0, 0.05) is 32.0 Å². The molecule has 1 aromatic rings. The van der Waals surface area contributed by atoms with Gasteiger partial charge in [0.05, 0.1) is 13.2 Å². The maximum absolute atomic E-state index is 8.87. The van der Waals surface area contributed by atoms with Gasteiger partial charge in [0.15, 0.2) is 0 Å². The number of rotatable bonds is 4. The zero-order valence-electron chi connectivity index (χ0n) is 9.63. The van der Waals surface area contributed by atoms with Crippen LogP contribution in [-0.4, -0.2) is 49.3 Å². The van der Waals surface area contributed by atoms with Gasteiger partial charge < -0.3 is 9.47 Å². The molecule has 1 aliphatic heterocycles. The molecule has 5 heteroatoms. The van der Waals surface area contributed by atoms with Crippen LogP contribution in [0.2, 0.25) is 0 Å². The maximum Gasteiger partial charge on any atom is 0.140 e. The number of nitrogens with zero attached hydrogens (tertiary/aromatic N) is 3. The first-order chi connectivity index (χ1) is 8.40. The van der Waals surface area contributed by atoms with Gasteiger partial charge >= 0.3 is 0 Å². The van der Waals surface area contributed by atoms with Gasteiger partial charge in [-0.1, -0.05) is 0 Å². The molecule has 1 fully saturated rings. The number of ether oxygens (including phenoxy) is 2. The number of pyridine rings is 1. The van der Waals surface area contributed by atoms with Crippen molar-refractivity contribution in [3.05, 3.63) is 24.0 Å². The highest BCUT2D eigenvalue weighted by molar-refractivity contribution is 5.39. The van der Waals surface area contributed by atoms with Crippen molar-refractivity contribution in [1.82, 2.24) is 9.88 Å². The van der Waals surface area contributed by atoms with Gasteiger partial charge in [-0.2, -0.15) is 5.26 Å². The lowest BCUT2D eigenvalue weighted by atomic mass is 10.3. The molecular formula is C12H15N3O2. The Morgan fingerprint density at radius 1 is 1.47 bits per heavy atom. The first kappa shape index (κ1) is 11.8. The van der Waals surface area contributed by atoms with Crippen LogP contribution >= 0.6 is 0 Å². The van der Waals surface area contributed by atoms with Crippen LogP contribution in [0.4, 0.5) is 0 Å². The van der Waals surface area contributed by atoms with Crippen molar-refractivity contribution in [3.8, 4) is 11.8 Å². The molecule has 2 rings (SSSR count). The molecule has 1 saturated heterocycles. The molecule has 17 heavy (non-hydrogen) atoms. The third kappa shape index (κ3) is 3.41. The highest BCUT2D eigenvalue weighted by Crippen LogP contribution is 2.14. The molecule has 1 aromatic heterocycles. The predicted molar refractivity (Wildman–Crippen MR) is 61.7 cm³/mol. The third-order valence-corrected chi connectivity index (χ3v) is 2.67. The van der Waals surface area contributed by atoms with Crippen molar-refractivity contribution in [3.63, 3.8) is 0 Å². The largest absolute Gasteiger partial charge is 0.491 e. The first-order valence-corrected chi connectivity index (χ1v) is 5.67. The van der Waals surface area contributed by atoms with E-state index in [9.17, 15) is 0 Å². The molecule has 0 amide bonds. The summed E-state index contributed by atoms with van der Waals surface area (Å²) in [6, 6.07) is 3.78. The standard InChI is InChI=1S/C12H15N3O2/c13-9-11-10-14-2-1-12(11)17-8-5-15-3-6-16-7-4-15/h1-2,10H,3-8H2. The first-order valence-electron chi connectivity index (χ1n) is 5.67. The molecule has 0 saturated carbocycles. The van der Waals surface area contributed by atoms with Crippen LogP contribution in [0.25, 0.3) is 0 Å². The summed E-state index contributed by atoms with van der Waals surface area (Å²) in [7, 11) is 0. The summed E-state index contributed by atoms with van der Waals surface area (Å²) in [6.07, 6.45) is 3.15. The molecule has 0 aromatic carbocycles. The second-order valence-corrected chi connectivity index (χ2v) is 3.79. The van der Waals surface area contributed by atoms with Crippen molar-refractivity contribution in [1.29, 1.82) is 5.26 Å². The van der Waals surface area contributed by atoms with E-state index in [0.29, 0.717) is 17.9 Å². The Morgan fingerprint density at radius 3 is 3.06 bits per heavy atom. The number of nitriles is 1. The van der Waals surface area contributed by atoms with Crippen LogP contribution in [-0.2, 0) is 4.74 Å². The van der Waals surface area contributed by atoms with Crippen LogP contribution in [0.5, 0.6) is 5.75 Å². The van der Waals surface area contributed by atoms with Gasteiger partial charge in [0.25, 0.3) is 0 Å². The minimum absolute atomic E-state index is 0.481. The Balaban J connectivity index is 1.79. The fourth-order valence-electron chi connectivity index (χ4n) is 1.70. The molecule has 0 unspecified atom stereocenters. The lowest BCUT2D eigenvalue weighted by molar-refractivity contribution is 0.0322. The van der Waals surface area contributed by atoms with Crippen LogP contribution in [0.15, 0.2) is 18.5 Å². The average molecular weight is 233 g/mol. The van der Waals surface area contributed by atoms with Gasteiger partial charge in [-0.05, 0) is 6.07 Å². The fraction of sp³-hybridized carbons (Fsp3) is 0.500. The van der Waals surface area contributed by atoms with E-state index >= 15 is 0 Å². The number of morpholine rings is 1. The van der Waals surface area contributed by atoms with E-state index in [0.717, 1.165) is 32.8 Å². The molecule has 0 spiro atoms. The van der Waals surface area contributed by atoms with Crippen LogP contribution < -0.4 is 4.74 Å². The van der Waals surface area contributed by atoms with Crippen LogP contribution in [0.3, 0.4) is 0 Å². The SMILES string of the molecule is N#Cc1cnccc1OCCN1CCOCC1. The summed E-state index contributed by atoms with van der Waals surface area (Å²) < 4.78 is 10.9. The topological polar surface area (TPSA) is 58.4 Å². The van der Waals surface area contributed by atoms with Gasteiger partial charge in [0.1, 0.15) is 24.0 Å². The van der Waals surface area contributed by atoms with E-state index in [1.807, 2.05) is 0 Å². The summed E-state index contributed by atoms with van der Waals surface area (Å²) in [5, 5.41) is 8.87. The Morgan fingerprint density at radius 2 is 2.29 bits per heavy atom. The molecule has 5 nitrogen and oxygen atoms in total. The highest BCUT2D eigenvalue weighted by Gasteiger charge is 2.10. The Labute approximate surface area is 101 Å². The van der Waals surface area contributed by atoms with Crippen molar-refractivity contribution >= 4 is 0 Å². The third-order valence-electron chi connectivity index (χ3n) is 2.67. The van der Waals surface area contributed by atoms with Gasteiger partial charge in [-0.25, -0.2) is 0 Å². The Kier molecular flexibility index (Phi) is 4.30. The van der Waals surface area contributed by atoms with Gasteiger partial charge in [0.2, 0.25) is 0 Å². The molecule has 1 aliphatic rings. The van der Waals surface area contributed by atoms with Crippen molar-refractivity contribution < 1.29 is 9.47 Å². The summed E-state index contributed by atoms with van der Waals surface area (Å²) in [6.45, 7) is 4.92. The Bertz CT molecular complexity index is 397. The maximum atomic E-state index is 8.87. The second kappa shape index (κ2) is 6.18. The van der Waals surface area contributed by atoms with Crippen molar-refractivity contribution in [2.24, 2.45) is 0 Å². The average Bonchev–Trinajstić information content (AvgIpc) is 2.40. The van der Waals surface area contributed by atoms with E-state index in [1.165, 1.54) is 6.20 Å². The minimum atomic E-state index is 0.481. The van der Waals surface area contributed by atoms with Gasteiger partial charge in [-0.3, -0.25) is 9.88 Å². The summed E-state index contributed by atoms with van der Waals surface area (Å²) in [4.78, 5) is 6.17.